The maximum Gasteiger partial charge on any atom is 0.326 e. The van der Waals surface area contributed by atoms with E-state index in [2.05, 4.69) is 17.3 Å². The van der Waals surface area contributed by atoms with Crippen LogP contribution in [0.2, 0.25) is 0 Å². The van der Waals surface area contributed by atoms with E-state index in [-0.39, 0.29) is 5.97 Å². The number of likely N-dealkylation sites (N-methyl/N-ethyl adjacent to an activating group) is 2. The maximum absolute atomic E-state index is 12.2. The summed E-state index contributed by atoms with van der Waals surface area (Å²) in [5.74, 6) is -0.109. The van der Waals surface area contributed by atoms with Crippen molar-refractivity contribution in [3.63, 3.8) is 0 Å². The number of hydrogen-bond donors (Lipinski definition) is 1. The molecule has 2 unspecified atom stereocenters. The molecule has 2 atom stereocenters. The van der Waals surface area contributed by atoms with Crippen LogP contribution >= 0.6 is 0 Å². The SMILES string of the molecule is CCOC(=O)C1(NC)CCCC(N(C)CCOC)C1. The number of nitrogens with one attached hydrogen (secondary N) is 1. The third-order valence-electron chi connectivity index (χ3n) is 4.14. The van der Waals surface area contributed by atoms with Crippen LogP contribution in [0, 0.1) is 0 Å². The molecule has 0 amide bonds. The number of esters is 1. The van der Waals surface area contributed by atoms with Gasteiger partial charge in [-0.3, -0.25) is 4.79 Å². The summed E-state index contributed by atoms with van der Waals surface area (Å²) >= 11 is 0. The maximum atomic E-state index is 12.2. The summed E-state index contributed by atoms with van der Waals surface area (Å²) < 4.78 is 10.4. The molecular weight excluding hydrogens is 244 g/mol. The topological polar surface area (TPSA) is 50.8 Å². The first-order valence-electron chi connectivity index (χ1n) is 7.15. The lowest BCUT2D eigenvalue weighted by Gasteiger charge is -2.41. The van der Waals surface area contributed by atoms with Crippen molar-refractivity contribution >= 4 is 5.97 Å². The van der Waals surface area contributed by atoms with Gasteiger partial charge < -0.3 is 19.7 Å². The lowest BCUT2D eigenvalue weighted by Crippen LogP contribution is -2.57. The number of carbonyl (C=O) groups excluding carboxylic acids is 1. The molecule has 1 aliphatic carbocycles. The van der Waals surface area contributed by atoms with Gasteiger partial charge in [0.05, 0.1) is 13.2 Å². The highest BCUT2D eigenvalue weighted by Gasteiger charge is 2.43. The number of hydrogen-bond acceptors (Lipinski definition) is 5. The Morgan fingerprint density at radius 3 is 2.84 bits per heavy atom. The summed E-state index contributed by atoms with van der Waals surface area (Å²) in [6, 6.07) is 0.403. The quantitative estimate of drug-likeness (QED) is 0.702. The van der Waals surface area contributed by atoms with Crippen LogP contribution in [-0.4, -0.2) is 63.4 Å². The van der Waals surface area contributed by atoms with Crippen molar-refractivity contribution in [1.82, 2.24) is 10.2 Å². The number of rotatable bonds is 7. The summed E-state index contributed by atoms with van der Waals surface area (Å²) in [5.41, 5.74) is -0.514. The molecule has 1 saturated carbocycles. The first-order chi connectivity index (χ1) is 9.09. The van der Waals surface area contributed by atoms with Crippen molar-refractivity contribution in [2.45, 2.75) is 44.2 Å². The van der Waals surface area contributed by atoms with Gasteiger partial charge in [0.25, 0.3) is 0 Å². The van der Waals surface area contributed by atoms with Crippen molar-refractivity contribution in [3.8, 4) is 0 Å². The zero-order chi connectivity index (χ0) is 14.3. The lowest BCUT2D eigenvalue weighted by atomic mass is 9.78. The molecule has 1 rings (SSSR count). The second-order valence-corrected chi connectivity index (χ2v) is 5.28. The molecule has 0 heterocycles. The number of ether oxygens (including phenoxy) is 2. The summed E-state index contributed by atoms with van der Waals surface area (Å²) in [7, 11) is 5.67. The fourth-order valence-electron chi connectivity index (χ4n) is 2.82. The van der Waals surface area contributed by atoms with Gasteiger partial charge in [-0.15, -0.1) is 0 Å². The minimum Gasteiger partial charge on any atom is -0.465 e. The Kier molecular flexibility index (Phi) is 6.75. The molecule has 112 valence electrons. The van der Waals surface area contributed by atoms with E-state index in [4.69, 9.17) is 9.47 Å². The summed E-state index contributed by atoms with van der Waals surface area (Å²) in [4.78, 5) is 14.5. The molecule has 5 heteroatoms. The molecule has 0 spiro atoms. The average molecular weight is 272 g/mol. The molecule has 1 N–H and O–H groups in total. The van der Waals surface area contributed by atoms with E-state index < -0.39 is 5.54 Å². The Balaban J connectivity index is 2.66. The van der Waals surface area contributed by atoms with Gasteiger partial charge in [-0.25, -0.2) is 0 Å². The average Bonchev–Trinajstić information content (AvgIpc) is 2.44. The summed E-state index contributed by atoms with van der Waals surface area (Å²) in [6.07, 6.45) is 3.84. The van der Waals surface area contributed by atoms with E-state index in [1.54, 1.807) is 7.11 Å². The minimum atomic E-state index is -0.514. The Morgan fingerprint density at radius 1 is 1.53 bits per heavy atom. The predicted molar refractivity (Wildman–Crippen MR) is 75.2 cm³/mol. The van der Waals surface area contributed by atoms with E-state index in [9.17, 15) is 4.79 Å². The fraction of sp³-hybridized carbons (Fsp3) is 0.929. The molecule has 0 bridgehead atoms. The van der Waals surface area contributed by atoms with Gasteiger partial charge >= 0.3 is 5.97 Å². The Bertz CT molecular complexity index is 286. The van der Waals surface area contributed by atoms with Crippen LogP contribution < -0.4 is 5.32 Å². The smallest absolute Gasteiger partial charge is 0.326 e. The fourth-order valence-corrected chi connectivity index (χ4v) is 2.82. The largest absolute Gasteiger partial charge is 0.465 e. The van der Waals surface area contributed by atoms with Crippen LogP contribution in [-0.2, 0) is 14.3 Å². The number of methoxy groups -OCH3 is 1. The number of nitrogens with zero attached hydrogens (tertiary/aromatic N) is 1. The van der Waals surface area contributed by atoms with Gasteiger partial charge in [0, 0.05) is 19.7 Å². The molecular formula is C14H28N2O3. The Morgan fingerprint density at radius 2 is 2.26 bits per heavy atom. The molecule has 1 aliphatic rings. The zero-order valence-corrected chi connectivity index (χ0v) is 12.7. The van der Waals surface area contributed by atoms with E-state index in [1.165, 1.54) is 0 Å². The monoisotopic (exact) mass is 272 g/mol. The second-order valence-electron chi connectivity index (χ2n) is 5.28. The predicted octanol–water partition coefficient (Wildman–Crippen LogP) is 1.03. The van der Waals surface area contributed by atoms with Crippen LogP contribution in [0.5, 0.6) is 0 Å². The van der Waals surface area contributed by atoms with Crippen LogP contribution in [0.4, 0.5) is 0 Å². The molecule has 0 aliphatic heterocycles. The van der Waals surface area contributed by atoms with E-state index >= 15 is 0 Å². The van der Waals surface area contributed by atoms with Crippen molar-refractivity contribution in [1.29, 1.82) is 0 Å². The van der Waals surface area contributed by atoms with Gasteiger partial charge in [0.1, 0.15) is 5.54 Å². The highest BCUT2D eigenvalue weighted by molar-refractivity contribution is 5.81. The van der Waals surface area contributed by atoms with Gasteiger partial charge in [0.2, 0.25) is 0 Å². The molecule has 0 aromatic carbocycles. The van der Waals surface area contributed by atoms with Crippen LogP contribution in [0.15, 0.2) is 0 Å². The first-order valence-corrected chi connectivity index (χ1v) is 7.15. The van der Waals surface area contributed by atoms with Crippen molar-refractivity contribution in [2.75, 3.05) is 41.0 Å². The Labute approximate surface area is 116 Å². The van der Waals surface area contributed by atoms with E-state index in [0.29, 0.717) is 12.6 Å². The molecule has 0 radical (unpaired) electrons. The second kappa shape index (κ2) is 7.82. The Hall–Kier alpha value is -0.650. The van der Waals surface area contributed by atoms with Crippen LogP contribution in [0.3, 0.4) is 0 Å². The normalized spacial score (nSPS) is 27.5. The van der Waals surface area contributed by atoms with Gasteiger partial charge in [0.15, 0.2) is 0 Å². The van der Waals surface area contributed by atoms with Crippen molar-refractivity contribution < 1.29 is 14.3 Å². The highest BCUT2D eigenvalue weighted by atomic mass is 16.5. The molecule has 5 nitrogen and oxygen atoms in total. The summed E-state index contributed by atoms with van der Waals surface area (Å²) in [6.45, 7) is 3.90. The van der Waals surface area contributed by atoms with E-state index in [1.807, 2.05) is 14.0 Å². The summed E-state index contributed by atoms with van der Waals surface area (Å²) in [5, 5.41) is 3.21. The third-order valence-corrected chi connectivity index (χ3v) is 4.14. The van der Waals surface area contributed by atoms with Crippen molar-refractivity contribution in [3.05, 3.63) is 0 Å². The lowest BCUT2D eigenvalue weighted by molar-refractivity contribution is -0.153. The molecule has 0 saturated heterocycles. The highest BCUT2D eigenvalue weighted by Crippen LogP contribution is 2.31. The molecule has 0 aromatic rings. The molecule has 19 heavy (non-hydrogen) atoms. The van der Waals surface area contributed by atoms with Gasteiger partial charge in [-0.2, -0.15) is 0 Å². The standard InChI is InChI=1S/C14H28N2O3/c1-5-19-13(17)14(15-2)8-6-7-12(11-14)16(3)9-10-18-4/h12,15H,5-11H2,1-4H3. The van der Waals surface area contributed by atoms with E-state index in [0.717, 1.165) is 38.8 Å². The first kappa shape index (κ1) is 16.4. The minimum absolute atomic E-state index is 0.109. The molecule has 1 fully saturated rings. The van der Waals surface area contributed by atoms with Crippen LogP contribution in [0.25, 0.3) is 0 Å². The zero-order valence-electron chi connectivity index (χ0n) is 12.7. The van der Waals surface area contributed by atoms with Crippen LogP contribution in [0.1, 0.15) is 32.6 Å². The van der Waals surface area contributed by atoms with Crippen molar-refractivity contribution in [2.24, 2.45) is 0 Å². The third kappa shape index (κ3) is 4.16. The number of carbonyl (C=O) groups is 1. The van der Waals surface area contributed by atoms with Gasteiger partial charge in [-0.05, 0) is 46.7 Å². The van der Waals surface area contributed by atoms with Gasteiger partial charge in [-0.1, -0.05) is 0 Å². The molecule has 0 aromatic heterocycles.